The van der Waals surface area contributed by atoms with Gasteiger partial charge in [0.15, 0.2) is 9.84 Å². The van der Waals surface area contributed by atoms with Gasteiger partial charge in [-0.15, -0.1) is 0 Å². The van der Waals surface area contributed by atoms with Gasteiger partial charge in [-0.05, 0) is 30.2 Å². The Morgan fingerprint density at radius 3 is 2.13 bits per heavy atom. The second-order valence-corrected chi connectivity index (χ2v) is 5.61. The first-order valence-corrected chi connectivity index (χ1v) is 6.35. The van der Waals surface area contributed by atoms with Crippen molar-refractivity contribution in [2.45, 2.75) is 17.9 Å². The average Bonchev–Trinajstić information content (AvgIpc) is 2.15. The molecule has 0 saturated carbocycles. The molecule has 0 fully saturated rings. The van der Waals surface area contributed by atoms with Gasteiger partial charge in [-0.25, -0.2) is 8.42 Å². The minimum Gasteiger partial charge on any atom is -0.384 e. The van der Waals surface area contributed by atoms with Crippen molar-refractivity contribution in [1.29, 1.82) is 0 Å². The predicted molar refractivity (Wildman–Crippen MR) is 59.3 cm³/mol. The molecule has 4 heteroatoms. The topological polar surface area (TPSA) is 54.4 Å². The lowest BCUT2D eigenvalue weighted by Gasteiger charge is -2.10. The third-order valence-electron chi connectivity index (χ3n) is 2.09. The Labute approximate surface area is 90.0 Å². The van der Waals surface area contributed by atoms with Gasteiger partial charge in [-0.3, -0.25) is 0 Å². The molecule has 15 heavy (non-hydrogen) atoms. The summed E-state index contributed by atoms with van der Waals surface area (Å²) in [5, 5.41) is 9.64. The standard InChI is InChI=1S/C11H14O3S/c1-8(2)11(12)9-4-6-10(7-5-9)15(3,13)14/h4-7,11-12H,1H2,2-3H3/t11-/m0/s1. The smallest absolute Gasteiger partial charge is 0.175 e. The maximum Gasteiger partial charge on any atom is 0.175 e. The van der Waals surface area contributed by atoms with E-state index in [1.54, 1.807) is 19.1 Å². The zero-order valence-corrected chi connectivity index (χ0v) is 9.58. The van der Waals surface area contributed by atoms with E-state index < -0.39 is 15.9 Å². The molecule has 3 nitrogen and oxygen atoms in total. The van der Waals surface area contributed by atoms with Crippen LogP contribution in [0.5, 0.6) is 0 Å². The van der Waals surface area contributed by atoms with Crippen LogP contribution < -0.4 is 0 Å². The van der Waals surface area contributed by atoms with E-state index in [9.17, 15) is 13.5 Å². The van der Waals surface area contributed by atoms with Gasteiger partial charge in [-0.1, -0.05) is 18.7 Å². The van der Waals surface area contributed by atoms with E-state index in [0.29, 0.717) is 11.1 Å². The molecule has 0 aliphatic carbocycles. The lowest BCUT2D eigenvalue weighted by Crippen LogP contribution is -2.00. The fraction of sp³-hybridized carbons (Fsp3) is 0.273. The molecular weight excluding hydrogens is 212 g/mol. The molecule has 1 aromatic carbocycles. The zero-order chi connectivity index (χ0) is 11.6. The van der Waals surface area contributed by atoms with Crippen LogP contribution in [0.15, 0.2) is 41.3 Å². The van der Waals surface area contributed by atoms with Crippen molar-refractivity contribution in [3.63, 3.8) is 0 Å². The van der Waals surface area contributed by atoms with Crippen molar-refractivity contribution in [3.8, 4) is 0 Å². The van der Waals surface area contributed by atoms with Crippen molar-refractivity contribution in [3.05, 3.63) is 42.0 Å². The Balaban J connectivity index is 3.06. The third kappa shape index (κ3) is 2.91. The summed E-state index contributed by atoms with van der Waals surface area (Å²) in [7, 11) is -3.17. The highest BCUT2D eigenvalue weighted by atomic mass is 32.2. The van der Waals surface area contributed by atoms with E-state index in [0.717, 1.165) is 6.26 Å². The predicted octanol–water partition coefficient (Wildman–Crippen LogP) is 1.70. The van der Waals surface area contributed by atoms with Crippen LogP contribution in [-0.2, 0) is 9.84 Å². The monoisotopic (exact) mass is 226 g/mol. The highest BCUT2D eigenvalue weighted by Gasteiger charge is 2.10. The second-order valence-electron chi connectivity index (χ2n) is 3.59. The number of sulfone groups is 1. The fourth-order valence-corrected chi connectivity index (χ4v) is 1.81. The number of aliphatic hydroxyl groups is 1. The molecule has 82 valence electrons. The van der Waals surface area contributed by atoms with Crippen molar-refractivity contribution in [2.75, 3.05) is 6.26 Å². The van der Waals surface area contributed by atoms with Gasteiger partial charge >= 0.3 is 0 Å². The van der Waals surface area contributed by atoms with Crippen LogP contribution in [0.2, 0.25) is 0 Å². The fourth-order valence-electron chi connectivity index (χ4n) is 1.18. The number of rotatable bonds is 3. The molecule has 0 heterocycles. The second kappa shape index (κ2) is 4.16. The van der Waals surface area contributed by atoms with Crippen LogP contribution in [0.4, 0.5) is 0 Å². The van der Waals surface area contributed by atoms with Crippen LogP contribution in [-0.4, -0.2) is 19.8 Å². The Kier molecular flexibility index (Phi) is 3.31. The van der Waals surface area contributed by atoms with E-state index in [1.165, 1.54) is 12.1 Å². The van der Waals surface area contributed by atoms with Gasteiger partial charge < -0.3 is 5.11 Å². The van der Waals surface area contributed by atoms with E-state index in [1.807, 2.05) is 0 Å². The molecule has 0 amide bonds. The van der Waals surface area contributed by atoms with Gasteiger partial charge in [-0.2, -0.15) is 0 Å². The third-order valence-corrected chi connectivity index (χ3v) is 3.22. The summed E-state index contributed by atoms with van der Waals surface area (Å²) >= 11 is 0. The molecule has 0 unspecified atom stereocenters. The molecule has 1 rings (SSSR count). The maximum absolute atomic E-state index is 11.2. The molecule has 0 spiro atoms. The summed E-state index contributed by atoms with van der Waals surface area (Å²) in [6.45, 7) is 5.35. The molecule has 0 radical (unpaired) electrons. The number of hydrogen-bond acceptors (Lipinski definition) is 3. The van der Waals surface area contributed by atoms with Gasteiger partial charge in [0.1, 0.15) is 0 Å². The van der Waals surface area contributed by atoms with Crippen molar-refractivity contribution in [2.24, 2.45) is 0 Å². The summed E-state index contributed by atoms with van der Waals surface area (Å²) in [4.78, 5) is 0.250. The van der Waals surface area contributed by atoms with Gasteiger partial charge in [0.05, 0.1) is 11.0 Å². The Morgan fingerprint density at radius 1 is 1.33 bits per heavy atom. The molecule has 0 bridgehead atoms. The first kappa shape index (κ1) is 11.9. The lowest BCUT2D eigenvalue weighted by molar-refractivity contribution is 0.216. The molecule has 0 aromatic heterocycles. The molecule has 0 saturated heterocycles. The Hall–Kier alpha value is -1.13. The van der Waals surface area contributed by atoms with Gasteiger partial charge in [0, 0.05) is 6.26 Å². The molecule has 0 aliphatic rings. The van der Waals surface area contributed by atoms with Crippen molar-refractivity contribution in [1.82, 2.24) is 0 Å². The minimum absolute atomic E-state index is 0.250. The van der Waals surface area contributed by atoms with Crippen molar-refractivity contribution >= 4 is 9.84 Å². The molecule has 1 atom stereocenters. The average molecular weight is 226 g/mol. The maximum atomic E-state index is 11.2. The normalized spacial score (nSPS) is 13.5. The largest absolute Gasteiger partial charge is 0.384 e. The molecule has 0 aliphatic heterocycles. The van der Waals surface area contributed by atoms with Gasteiger partial charge in [0.2, 0.25) is 0 Å². The summed E-state index contributed by atoms with van der Waals surface area (Å²) in [5.41, 5.74) is 1.28. The summed E-state index contributed by atoms with van der Waals surface area (Å²) in [6, 6.07) is 6.15. The quantitative estimate of drug-likeness (QED) is 0.798. The lowest BCUT2D eigenvalue weighted by atomic mass is 10.0. The first-order valence-electron chi connectivity index (χ1n) is 4.46. The number of aliphatic hydroxyl groups excluding tert-OH is 1. The molecular formula is C11H14O3S. The first-order chi connectivity index (χ1) is 6.82. The van der Waals surface area contributed by atoms with Crippen LogP contribution >= 0.6 is 0 Å². The van der Waals surface area contributed by atoms with E-state index >= 15 is 0 Å². The molecule has 1 aromatic rings. The minimum atomic E-state index is -3.17. The number of benzene rings is 1. The van der Waals surface area contributed by atoms with Crippen LogP contribution in [0, 0.1) is 0 Å². The van der Waals surface area contributed by atoms with E-state index in [4.69, 9.17) is 0 Å². The van der Waals surface area contributed by atoms with E-state index in [2.05, 4.69) is 6.58 Å². The van der Waals surface area contributed by atoms with Gasteiger partial charge in [0.25, 0.3) is 0 Å². The van der Waals surface area contributed by atoms with Crippen molar-refractivity contribution < 1.29 is 13.5 Å². The zero-order valence-electron chi connectivity index (χ0n) is 8.77. The summed E-state index contributed by atoms with van der Waals surface area (Å²) < 4.78 is 22.3. The van der Waals surface area contributed by atoms with Crippen LogP contribution in [0.25, 0.3) is 0 Å². The highest BCUT2D eigenvalue weighted by molar-refractivity contribution is 7.90. The number of hydrogen-bond donors (Lipinski definition) is 1. The Bertz CT molecular complexity index is 457. The Morgan fingerprint density at radius 2 is 1.80 bits per heavy atom. The van der Waals surface area contributed by atoms with Crippen LogP contribution in [0.1, 0.15) is 18.6 Å². The summed E-state index contributed by atoms with van der Waals surface area (Å²) in [6.07, 6.45) is 0.413. The van der Waals surface area contributed by atoms with Crippen LogP contribution in [0.3, 0.4) is 0 Å². The van der Waals surface area contributed by atoms with E-state index in [-0.39, 0.29) is 4.90 Å². The SMILES string of the molecule is C=C(C)[C@H](O)c1ccc(S(C)(=O)=O)cc1. The molecule has 1 N–H and O–H groups in total. The highest BCUT2D eigenvalue weighted by Crippen LogP contribution is 2.21. The summed E-state index contributed by atoms with van der Waals surface area (Å²) in [5.74, 6) is 0.